The van der Waals surface area contributed by atoms with Crippen LogP contribution in [0.3, 0.4) is 0 Å². The predicted octanol–water partition coefficient (Wildman–Crippen LogP) is 2.65. The molecule has 5 nitrogen and oxygen atoms in total. The van der Waals surface area contributed by atoms with E-state index in [2.05, 4.69) is 29.3 Å². The van der Waals surface area contributed by atoms with Gasteiger partial charge in [0, 0.05) is 13.1 Å². The highest BCUT2D eigenvalue weighted by atomic mass is 16.2. The molecule has 1 aliphatic carbocycles. The van der Waals surface area contributed by atoms with Crippen LogP contribution in [0.25, 0.3) is 0 Å². The number of rotatable bonds is 7. The maximum Gasteiger partial charge on any atom is 0.231 e. The van der Waals surface area contributed by atoms with Gasteiger partial charge in [0.1, 0.15) is 0 Å². The summed E-state index contributed by atoms with van der Waals surface area (Å²) in [5, 5.41) is 11.1. The molecule has 0 bridgehead atoms. The number of fused-ring (bicyclic) bond motifs is 1. The Morgan fingerprint density at radius 2 is 1.95 bits per heavy atom. The third-order valence-electron chi connectivity index (χ3n) is 4.06. The molecule has 2 rings (SSSR count). The van der Waals surface area contributed by atoms with Gasteiger partial charge in [-0.05, 0) is 32.1 Å². The van der Waals surface area contributed by atoms with Crippen LogP contribution < -0.4 is 0 Å². The summed E-state index contributed by atoms with van der Waals surface area (Å²) < 4.78 is 0. The summed E-state index contributed by atoms with van der Waals surface area (Å²) in [4.78, 5) is 14.9. The van der Waals surface area contributed by atoms with Crippen molar-refractivity contribution in [3.63, 3.8) is 0 Å². The molecule has 1 amide bonds. The lowest BCUT2D eigenvalue weighted by atomic mass is 9.88. The zero-order valence-corrected chi connectivity index (χ0v) is 12.7. The summed E-state index contributed by atoms with van der Waals surface area (Å²) in [6.45, 7) is 6.08. The van der Waals surface area contributed by atoms with Crippen molar-refractivity contribution in [2.45, 2.75) is 64.7 Å². The Morgan fingerprint density at radius 1 is 1.25 bits per heavy atom. The number of aromatic nitrogens is 3. The molecule has 0 aromatic carbocycles. The van der Waals surface area contributed by atoms with Crippen molar-refractivity contribution in [1.29, 1.82) is 0 Å². The number of unbranched alkanes of at least 4 members (excludes halogenated alkanes) is 2. The van der Waals surface area contributed by atoms with Gasteiger partial charge < -0.3 is 4.90 Å². The van der Waals surface area contributed by atoms with Crippen molar-refractivity contribution in [2.75, 3.05) is 13.1 Å². The minimum atomic E-state index is -0.0776. The second kappa shape index (κ2) is 7.41. The number of carbonyl (C=O) groups is 1. The molecule has 0 saturated heterocycles. The van der Waals surface area contributed by atoms with E-state index in [1.165, 1.54) is 0 Å². The van der Waals surface area contributed by atoms with E-state index < -0.39 is 0 Å². The van der Waals surface area contributed by atoms with E-state index in [0.717, 1.165) is 69.4 Å². The molecule has 0 radical (unpaired) electrons. The van der Waals surface area contributed by atoms with Gasteiger partial charge in [-0.3, -0.25) is 4.79 Å². The molecule has 112 valence electrons. The minimum absolute atomic E-state index is 0.0776. The lowest BCUT2D eigenvalue weighted by Crippen LogP contribution is -2.38. The molecule has 5 heteroatoms. The first-order chi connectivity index (χ1) is 9.77. The van der Waals surface area contributed by atoms with Crippen LogP contribution >= 0.6 is 0 Å². The molecule has 0 spiro atoms. The Balaban J connectivity index is 2.07. The average Bonchev–Trinajstić information content (AvgIpc) is 2.95. The largest absolute Gasteiger partial charge is 0.342 e. The van der Waals surface area contributed by atoms with Crippen LogP contribution in [-0.2, 0) is 11.2 Å². The maximum atomic E-state index is 12.8. The summed E-state index contributed by atoms with van der Waals surface area (Å²) in [6, 6.07) is 0. The van der Waals surface area contributed by atoms with Gasteiger partial charge in [0.2, 0.25) is 5.91 Å². The van der Waals surface area contributed by atoms with Crippen molar-refractivity contribution in [3.8, 4) is 0 Å². The SMILES string of the molecule is CCCCN(CCCC)C(=O)[C@H]1CCCc2n[nH]nc21. The highest BCUT2D eigenvalue weighted by molar-refractivity contribution is 5.83. The molecule has 0 aliphatic heterocycles. The number of H-pyrrole nitrogens is 1. The first kappa shape index (κ1) is 15.0. The van der Waals surface area contributed by atoms with Crippen molar-refractivity contribution in [3.05, 3.63) is 11.4 Å². The Hall–Kier alpha value is -1.39. The normalized spacial score (nSPS) is 17.8. The lowest BCUT2D eigenvalue weighted by molar-refractivity contribution is -0.133. The summed E-state index contributed by atoms with van der Waals surface area (Å²) in [5.74, 6) is 0.174. The number of aryl methyl sites for hydroxylation is 1. The van der Waals surface area contributed by atoms with Crippen LogP contribution in [0.1, 0.15) is 69.7 Å². The van der Waals surface area contributed by atoms with E-state index in [0.29, 0.717) is 0 Å². The van der Waals surface area contributed by atoms with Gasteiger partial charge in [-0.25, -0.2) is 0 Å². The van der Waals surface area contributed by atoms with E-state index in [1.807, 2.05) is 4.90 Å². The standard InChI is InChI=1S/C15H26N4O/c1-3-5-10-19(11-6-4-2)15(20)12-8-7-9-13-14(12)17-18-16-13/h12H,3-11H2,1-2H3,(H,16,17,18)/t12-/m0/s1. The lowest BCUT2D eigenvalue weighted by Gasteiger charge is -2.28. The number of hydrogen-bond donors (Lipinski definition) is 1. The first-order valence-electron chi connectivity index (χ1n) is 7.96. The second-order valence-electron chi connectivity index (χ2n) is 5.63. The van der Waals surface area contributed by atoms with E-state index in [1.54, 1.807) is 0 Å². The molecule has 0 unspecified atom stereocenters. The van der Waals surface area contributed by atoms with Crippen molar-refractivity contribution >= 4 is 5.91 Å². The van der Waals surface area contributed by atoms with E-state index in [-0.39, 0.29) is 11.8 Å². The molecule has 0 fully saturated rings. The van der Waals surface area contributed by atoms with Crippen LogP contribution in [-0.4, -0.2) is 39.3 Å². The highest BCUT2D eigenvalue weighted by Crippen LogP contribution is 2.30. The summed E-state index contributed by atoms with van der Waals surface area (Å²) in [5.41, 5.74) is 1.87. The smallest absolute Gasteiger partial charge is 0.231 e. The molecule has 20 heavy (non-hydrogen) atoms. The van der Waals surface area contributed by atoms with Gasteiger partial charge in [0.25, 0.3) is 0 Å². The van der Waals surface area contributed by atoms with E-state index in [4.69, 9.17) is 0 Å². The van der Waals surface area contributed by atoms with Crippen molar-refractivity contribution in [1.82, 2.24) is 20.3 Å². The number of carbonyl (C=O) groups excluding carboxylic acids is 1. The van der Waals surface area contributed by atoms with Gasteiger partial charge in [0.15, 0.2) is 0 Å². The topological polar surface area (TPSA) is 61.9 Å². The van der Waals surface area contributed by atoms with E-state index >= 15 is 0 Å². The van der Waals surface area contributed by atoms with E-state index in [9.17, 15) is 4.79 Å². The fraction of sp³-hybridized carbons (Fsp3) is 0.800. The third kappa shape index (κ3) is 3.38. The molecule has 1 aromatic heterocycles. The summed E-state index contributed by atoms with van der Waals surface area (Å²) in [7, 11) is 0. The van der Waals surface area contributed by atoms with Gasteiger partial charge in [0.05, 0.1) is 17.3 Å². The van der Waals surface area contributed by atoms with Gasteiger partial charge in [-0.2, -0.15) is 15.4 Å². The van der Waals surface area contributed by atoms with Crippen LogP contribution in [0.5, 0.6) is 0 Å². The third-order valence-corrected chi connectivity index (χ3v) is 4.06. The van der Waals surface area contributed by atoms with Crippen LogP contribution in [0.15, 0.2) is 0 Å². The van der Waals surface area contributed by atoms with Crippen molar-refractivity contribution in [2.24, 2.45) is 0 Å². The predicted molar refractivity (Wildman–Crippen MR) is 78.5 cm³/mol. The molecule has 1 aromatic rings. The van der Waals surface area contributed by atoms with Crippen LogP contribution in [0, 0.1) is 0 Å². The monoisotopic (exact) mass is 278 g/mol. The van der Waals surface area contributed by atoms with Gasteiger partial charge >= 0.3 is 0 Å². The second-order valence-corrected chi connectivity index (χ2v) is 5.63. The van der Waals surface area contributed by atoms with Gasteiger partial charge in [-0.1, -0.05) is 26.7 Å². The fourth-order valence-corrected chi connectivity index (χ4v) is 2.83. The van der Waals surface area contributed by atoms with Crippen LogP contribution in [0.2, 0.25) is 0 Å². The molecular weight excluding hydrogens is 252 g/mol. The Morgan fingerprint density at radius 3 is 2.60 bits per heavy atom. The summed E-state index contributed by atoms with van der Waals surface area (Å²) in [6.07, 6.45) is 7.28. The quantitative estimate of drug-likeness (QED) is 0.834. The number of aromatic amines is 1. The number of nitrogens with zero attached hydrogens (tertiary/aromatic N) is 3. The average molecular weight is 278 g/mol. The van der Waals surface area contributed by atoms with Gasteiger partial charge in [-0.15, -0.1) is 0 Å². The number of hydrogen-bond acceptors (Lipinski definition) is 3. The molecule has 1 atom stereocenters. The Kier molecular flexibility index (Phi) is 5.56. The number of amides is 1. The molecule has 0 saturated carbocycles. The minimum Gasteiger partial charge on any atom is -0.342 e. The molecule has 1 heterocycles. The Bertz CT molecular complexity index is 421. The fourth-order valence-electron chi connectivity index (χ4n) is 2.83. The molecule has 1 aliphatic rings. The maximum absolute atomic E-state index is 12.8. The zero-order chi connectivity index (χ0) is 14.4. The molecular formula is C15H26N4O. The first-order valence-corrected chi connectivity index (χ1v) is 7.96. The van der Waals surface area contributed by atoms with Crippen molar-refractivity contribution < 1.29 is 4.79 Å². The zero-order valence-electron chi connectivity index (χ0n) is 12.7. The highest BCUT2D eigenvalue weighted by Gasteiger charge is 2.32. The Labute approximate surface area is 121 Å². The summed E-state index contributed by atoms with van der Waals surface area (Å²) >= 11 is 0. The molecule has 1 N–H and O–H groups in total. The van der Waals surface area contributed by atoms with Crippen LogP contribution in [0.4, 0.5) is 0 Å². The number of nitrogens with one attached hydrogen (secondary N) is 1.